The molecule has 1 aliphatic carbocycles. The van der Waals surface area contributed by atoms with E-state index < -0.39 is 54.0 Å². The van der Waals surface area contributed by atoms with Crippen LogP contribution in [0.5, 0.6) is 0 Å². The number of rotatable bonds is 8. The van der Waals surface area contributed by atoms with Crippen LogP contribution >= 0.6 is 7.60 Å². The fourth-order valence-corrected chi connectivity index (χ4v) is 5.06. The molecule has 0 bridgehead atoms. The van der Waals surface area contributed by atoms with E-state index in [9.17, 15) is 34.4 Å². The normalized spacial score (nSPS) is 31.0. The average molecular weight is 434 g/mol. The van der Waals surface area contributed by atoms with E-state index in [1.165, 1.54) is 13.1 Å². The molecule has 1 aromatic heterocycles. The maximum Gasteiger partial charge on any atom is 0.359 e. The van der Waals surface area contributed by atoms with E-state index in [1.54, 1.807) is 20.8 Å². The number of hydrogen-bond acceptors (Lipinski definition) is 7. The van der Waals surface area contributed by atoms with Crippen molar-refractivity contribution in [3.8, 4) is 0 Å². The summed E-state index contributed by atoms with van der Waals surface area (Å²) < 4.78 is 19.3. The smallest absolute Gasteiger partial charge is 0.359 e. The Labute approximate surface area is 168 Å². The van der Waals surface area contributed by atoms with Gasteiger partial charge >= 0.3 is 13.3 Å². The quantitative estimate of drug-likeness (QED) is 0.373. The first kappa shape index (κ1) is 24.0. The standard InChI is InChI=1S/C18H31N2O8P/c1-5-17(3,28-29(26,27)18(4,25)6-2)10-11-9-12(15(23)14(11)22)20-8-7-13(21)19-16(20)24/h7-8,11-12,14-15,22-23,25H,5-6,9-10H2,1-4H3,(H,26,27)(H,19,21,24)/t11-,12-,14-,15+,17?,18?/m1/s1. The van der Waals surface area contributed by atoms with Gasteiger partial charge in [0.15, 0.2) is 5.34 Å². The molecule has 1 fully saturated rings. The molecule has 0 spiro atoms. The Kier molecular flexibility index (Phi) is 6.99. The second kappa shape index (κ2) is 8.45. The lowest BCUT2D eigenvalue weighted by Gasteiger charge is -2.37. The average Bonchev–Trinajstić information content (AvgIpc) is 2.89. The molecule has 0 amide bonds. The van der Waals surface area contributed by atoms with Gasteiger partial charge in [-0.3, -0.25) is 18.9 Å². The Morgan fingerprint density at radius 2 is 1.86 bits per heavy atom. The SMILES string of the molecule is CCC(C)(C[C@H]1C[C@@H](n2ccc(=O)[nH]c2=O)[C@H](O)[C@@H]1O)OP(=O)(O)C(C)(O)CC. The van der Waals surface area contributed by atoms with Crippen molar-refractivity contribution >= 4 is 7.60 Å². The van der Waals surface area contributed by atoms with Gasteiger partial charge in [0, 0.05) is 12.3 Å². The zero-order valence-electron chi connectivity index (χ0n) is 17.1. The number of nitrogens with one attached hydrogen (secondary N) is 1. The van der Waals surface area contributed by atoms with Gasteiger partial charge in [-0.25, -0.2) is 4.79 Å². The van der Waals surface area contributed by atoms with E-state index in [1.807, 2.05) is 0 Å². The minimum Gasteiger partial charge on any atom is -0.390 e. The first-order valence-electron chi connectivity index (χ1n) is 9.70. The van der Waals surface area contributed by atoms with E-state index in [2.05, 4.69) is 4.98 Å². The molecule has 11 heteroatoms. The molecule has 1 aromatic rings. The summed E-state index contributed by atoms with van der Waals surface area (Å²) in [4.78, 5) is 35.7. The van der Waals surface area contributed by atoms with Crippen molar-refractivity contribution in [1.82, 2.24) is 9.55 Å². The minimum absolute atomic E-state index is 0.0164. The van der Waals surface area contributed by atoms with E-state index in [0.29, 0.717) is 6.42 Å². The molecule has 166 valence electrons. The maximum atomic E-state index is 12.6. The maximum absolute atomic E-state index is 12.6. The van der Waals surface area contributed by atoms with Crippen molar-refractivity contribution in [2.75, 3.05) is 0 Å². The van der Waals surface area contributed by atoms with Crippen LogP contribution in [0.15, 0.2) is 21.9 Å². The summed E-state index contributed by atoms with van der Waals surface area (Å²) in [5, 5.41) is 29.3. The second-order valence-corrected chi connectivity index (χ2v) is 10.4. The van der Waals surface area contributed by atoms with Crippen LogP contribution < -0.4 is 11.2 Å². The largest absolute Gasteiger partial charge is 0.390 e. The molecule has 0 aromatic carbocycles. The number of aliphatic hydroxyl groups is 3. The molecule has 0 aliphatic heterocycles. The highest BCUT2D eigenvalue weighted by atomic mass is 31.2. The number of H-pyrrole nitrogens is 1. The molecule has 29 heavy (non-hydrogen) atoms. The van der Waals surface area contributed by atoms with Crippen LogP contribution in [0, 0.1) is 5.92 Å². The van der Waals surface area contributed by atoms with E-state index in [-0.39, 0.29) is 19.3 Å². The van der Waals surface area contributed by atoms with Crippen molar-refractivity contribution in [1.29, 1.82) is 0 Å². The number of nitrogens with zero attached hydrogens (tertiary/aromatic N) is 1. The first-order valence-corrected chi connectivity index (χ1v) is 11.3. The zero-order chi connectivity index (χ0) is 22.2. The van der Waals surface area contributed by atoms with Crippen molar-refractivity contribution < 1.29 is 29.3 Å². The lowest BCUT2D eigenvalue weighted by atomic mass is 9.87. The van der Waals surface area contributed by atoms with Gasteiger partial charge in [0.25, 0.3) is 5.56 Å². The molecule has 1 aliphatic rings. The Bertz CT molecular complexity index is 881. The lowest BCUT2D eigenvalue weighted by Crippen LogP contribution is -2.38. The van der Waals surface area contributed by atoms with E-state index >= 15 is 0 Å². The van der Waals surface area contributed by atoms with Gasteiger partial charge in [0.1, 0.15) is 6.10 Å². The summed E-state index contributed by atoms with van der Waals surface area (Å²) in [5.74, 6) is -0.537. The van der Waals surface area contributed by atoms with Crippen LogP contribution in [-0.2, 0) is 9.09 Å². The van der Waals surface area contributed by atoms with Crippen molar-refractivity contribution in [2.24, 2.45) is 5.92 Å². The second-order valence-electron chi connectivity index (χ2n) is 8.25. The number of aromatic nitrogens is 2. The molecular formula is C18H31N2O8P. The zero-order valence-corrected chi connectivity index (χ0v) is 18.0. The lowest BCUT2D eigenvalue weighted by molar-refractivity contribution is -0.0266. The van der Waals surface area contributed by atoms with Crippen LogP contribution in [0.2, 0.25) is 0 Å². The van der Waals surface area contributed by atoms with Crippen LogP contribution in [0.1, 0.15) is 59.4 Å². The van der Waals surface area contributed by atoms with Gasteiger partial charge < -0.3 is 24.7 Å². The fourth-order valence-electron chi connectivity index (χ4n) is 3.66. The summed E-state index contributed by atoms with van der Waals surface area (Å²) in [6.45, 7) is 6.16. The van der Waals surface area contributed by atoms with Gasteiger partial charge in [-0.2, -0.15) is 0 Å². The van der Waals surface area contributed by atoms with E-state index in [4.69, 9.17) is 4.52 Å². The molecule has 2 rings (SSSR count). The molecule has 5 N–H and O–H groups in total. The third kappa shape index (κ3) is 4.90. The highest BCUT2D eigenvalue weighted by Gasteiger charge is 2.50. The highest BCUT2D eigenvalue weighted by Crippen LogP contribution is 2.59. The molecule has 7 atom stereocenters. The van der Waals surface area contributed by atoms with Gasteiger partial charge in [0.2, 0.25) is 0 Å². The van der Waals surface area contributed by atoms with E-state index in [0.717, 1.165) is 10.6 Å². The Morgan fingerprint density at radius 1 is 1.24 bits per heavy atom. The molecule has 0 saturated heterocycles. The molecule has 0 radical (unpaired) electrons. The topological polar surface area (TPSA) is 162 Å². The van der Waals surface area contributed by atoms with Crippen LogP contribution in [0.25, 0.3) is 0 Å². The summed E-state index contributed by atoms with van der Waals surface area (Å²) in [6.07, 6.45) is -0.529. The third-order valence-electron chi connectivity index (χ3n) is 6.04. The molecule has 10 nitrogen and oxygen atoms in total. The predicted octanol–water partition coefficient (Wildman–Crippen LogP) is 0.699. The van der Waals surface area contributed by atoms with Crippen LogP contribution in [0.3, 0.4) is 0 Å². The number of hydrogen-bond donors (Lipinski definition) is 5. The summed E-state index contributed by atoms with van der Waals surface area (Å²) in [7, 11) is -4.40. The highest BCUT2D eigenvalue weighted by molar-refractivity contribution is 7.54. The summed E-state index contributed by atoms with van der Waals surface area (Å²) >= 11 is 0. The molecule has 3 unspecified atom stereocenters. The fraction of sp³-hybridized carbons (Fsp3) is 0.778. The van der Waals surface area contributed by atoms with Gasteiger partial charge in [-0.05, 0) is 45.4 Å². The Balaban J connectivity index is 2.24. The first-order chi connectivity index (χ1) is 13.3. The molecule has 1 heterocycles. The van der Waals surface area contributed by atoms with Crippen molar-refractivity contribution in [2.45, 2.75) is 82.6 Å². The van der Waals surface area contributed by atoms with Gasteiger partial charge in [-0.1, -0.05) is 13.8 Å². The third-order valence-corrected chi connectivity index (χ3v) is 8.27. The molecular weight excluding hydrogens is 403 g/mol. The van der Waals surface area contributed by atoms with Crippen molar-refractivity contribution in [3.63, 3.8) is 0 Å². The summed E-state index contributed by atoms with van der Waals surface area (Å²) in [5.41, 5.74) is -2.41. The summed E-state index contributed by atoms with van der Waals surface area (Å²) in [6, 6.07) is 0.391. The molecule has 1 saturated carbocycles. The Hall–Kier alpha value is -1.29. The van der Waals surface area contributed by atoms with Crippen LogP contribution in [0.4, 0.5) is 0 Å². The predicted molar refractivity (Wildman–Crippen MR) is 106 cm³/mol. The monoisotopic (exact) mass is 434 g/mol. The van der Waals surface area contributed by atoms with Gasteiger partial charge in [-0.15, -0.1) is 0 Å². The Morgan fingerprint density at radius 3 is 2.38 bits per heavy atom. The number of aliphatic hydroxyl groups excluding tert-OH is 2. The van der Waals surface area contributed by atoms with Gasteiger partial charge in [0.05, 0.1) is 17.7 Å². The van der Waals surface area contributed by atoms with Crippen LogP contribution in [-0.4, -0.2) is 52.9 Å². The number of aromatic amines is 1. The van der Waals surface area contributed by atoms with Crippen molar-refractivity contribution in [3.05, 3.63) is 33.1 Å². The minimum atomic E-state index is -4.40.